The number of hydrogen-bond acceptors (Lipinski definition) is 2. The van der Waals surface area contributed by atoms with Gasteiger partial charge in [-0.3, -0.25) is 0 Å². The van der Waals surface area contributed by atoms with Crippen molar-refractivity contribution in [1.29, 1.82) is 0 Å². The van der Waals surface area contributed by atoms with Gasteiger partial charge in [0.25, 0.3) is 0 Å². The molecule has 0 amide bonds. The molecule has 1 aliphatic rings. The number of hydrogen-bond donors (Lipinski definition) is 1. The van der Waals surface area contributed by atoms with Gasteiger partial charge in [0.2, 0.25) is 0 Å². The van der Waals surface area contributed by atoms with Crippen LogP contribution in [0.5, 0.6) is 0 Å². The molecule has 0 spiro atoms. The van der Waals surface area contributed by atoms with E-state index in [-0.39, 0.29) is 0 Å². The van der Waals surface area contributed by atoms with Gasteiger partial charge >= 0.3 is 0 Å². The predicted octanol–water partition coefficient (Wildman–Crippen LogP) is 2.95. The van der Waals surface area contributed by atoms with Crippen molar-refractivity contribution in [2.45, 2.75) is 38.6 Å². The molecule has 0 aliphatic heterocycles. The van der Waals surface area contributed by atoms with Gasteiger partial charge in [0, 0.05) is 12.3 Å². The second-order valence-corrected chi connectivity index (χ2v) is 5.00. The molecule has 3 rings (SSSR count). The fraction of sp³-hybridized carbons (Fsp3) is 0.400. The largest absolute Gasteiger partial charge is 0.384 e. The number of rotatable bonds is 4. The highest BCUT2D eigenvalue weighted by molar-refractivity contribution is 5.43. The van der Waals surface area contributed by atoms with Crippen LogP contribution in [-0.2, 0) is 13.0 Å². The third-order valence-corrected chi connectivity index (χ3v) is 3.58. The van der Waals surface area contributed by atoms with Crippen molar-refractivity contribution in [3.8, 4) is 0 Å². The molecule has 1 saturated carbocycles. The van der Waals surface area contributed by atoms with Crippen LogP contribution in [0.15, 0.2) is 30.3 Å². The summed E-state index contributed by atoms with van der Waals surface area (Å²) in [4.78, 5) is 4.72. The van der Waals surface area contributed by atoms with Gasteiger partial charge in [-0.1, -0.05) is 37.3 Å². The average Bonchev–Trinajstić information content (AvgIpc) is 3.19. The van der Waals surface area contributed by atoms with E-state index >= 15 is 0 Å². The van der Waals surface area contributed by atoms with Gasteiger partial charge in [0.15, 0.2) is 0 Å². The smallest absolute Gasteiger partial charge is 0.127 e. The SMILES string of the molecule is CCc1nc(C2CC2)c(N)n1Cc1ccccc1. The first kappa shape index (κ1) is 11.3. The minimum Gasteiger partial charge on any atom is -0.384 e. The maximum absolute atomic E-state index is 6.27. The summed E-state index contributed by atoms with van der Waals surface area (Å²) >= 11 is 0. The Morgan fingerprint density at radius 3 is 2.61 bits per heavy atom. The Kier molecular flexibility index (Phi) is 2.82. The van der Waals surface area contributed by atoms with Crippen molar-refractivity contribution in [1.82, 2.24) is 9.55 Å². The van der Waals surface area contributed by atoms with Crippen molar-refractivity contribution in [2.24, 2.45) is 0 Å². The van der Waals surface area contributed by atoms with Crippen LogP contribution >= 0.6 is 0 Å². The molecule has 0 radical (unpaired) electrons. The van der Waals surface area contributed by atoms with Crippen molar-refractivity contribution < 1.29 is 0 Å². The normalized spacial score (nSPS) is 14.9. The van der Waals surface area contributed by atoms with Crippen LogP contribution in [0.2, 0.25) is 0 Å². The Morgan fingerprint density at radius 2 is 2.00 bits per heavy atom. The van der Waals surface area contributed by atoms with Crippen LogP contribution in [-0.4, -0.2) is 9.55 Å². The predicted molar refractivity (Wildman–Crippen MR) is 73.5 cm³/mol. The van der Waals surface area contributed by atoms with E-state index in [1.54, 1.807) is 0 Å². The first-order chi connectivity index (χ1) is 8.79. The molecule has 1 heterocycles. The second kappa shape index (κ2) is 4.48. The van der Waals surface area contributed by atoms with Crippen molar-refractivity contribution in [2.75, 3.05) is 5.73 Å². The summed E-state index contributed by atoms with van der Waals surface area (Å²) < 4.78 is 2.17. The fourth-order valence-electron chi connectivity index (χ4n) is 2.40. The highest BCUT2D eigenvalue weighted by atomic mass is 15.1. The Morgan fingerprint density at radius 1 is 1.28 bits per heavy atom. The molecule has 0 bridgehead atoms. The van der Waals surface area contributed by atoms with Crippen molar-refractivity contribution >= 4 is 5.82 Å². The van der Waals surface area contributed by atoms with E-state index in [0.717, 1.165) is 30.3 Å². The van der Waals surface area contributed by atoms with E-state index in [1.165, 1.54) is 18.4 Å². The third-order valence-electron chi connectivity index (χ3n) is 3.58. The van der Waals surface area contributed by atoms with Gasteiger partial charge in [-0.2, -0.15) is 0 Å². The number of nitrogen functional groups attached to an aromatic ring is 1. The second-order valence-electron chi connectivity index (χ2n) is 5.00. The van der Waals surface area contributed by atoms with Gasteiger partial charge in [0.1, 0.15) is 11.6 Å². The minimum absolute atomic E-state index is 0.618. The van der Waals surface area contributed by atoms with Crippen LogP contribution in [0.4, 0.5) is 5.82 Å². The molecule has 0 saturated heterocycles. The minimum atomic E-state index is 0.618. The Balaban J connectivity index is 1.95. The molecule has 2 aromatic rings. The zero-order valence-corrected chi connectivity index (χ0v) is 10.8. The highest BCUT2D eigenvalue weighted by Crippen LogP contribution is 2.42. The Hall–Kier alpha value is -1.77. The van der Waals surface area contributed by atoms with Gasteiger partial charge < -0.3 is 10.3 Å². The molecule has 1 fully saturated rings. The number of aryl methyl sites for hydroxylation is 1. The number of imidazole rings is 1. The van der Waals surface area contributed by atoms with E-state index in [1.807, 2.05) is 6.07 Å². The summed E-state index contributed by atoms with van der Waals surface area (Å²) in [6, 6.07) is 10.4. The summed E-state index contributed by atoms with van der Waals surface area (Å²) in [7, 11) is 0. The molecule has 94 valence electrons. The average molecular weight is 241 g/mol. The molecular formula is C15H19N3. The summed E-state index contributed by atoms with van der Waals surface area (Å²) in [5.74, 6) is 2.60. The van der Waals surface area contributed by atoms with Crippen LogP contribution in [0.3, 0.4) is 0 Å². The van der Waals surface area contributed by atoms with E-state index in [4.69, 9.17) is 10.7 Å². The molecule has 0 atom stereocenters. The number of anilines is 1. The molecular weight excluding hydrogens is 222 g/mol. The quantitative estimate of drug-likeness (QED) is 0.894. The number of nitrogens with two attached hydrogens (primary N) is 1. The number of benzene rings is 1. The first-order valence-electron chi connectivity index (χ1n) is 6.68. The van der Waals surface area contributed by atoms with E-state index < -0.39 is 0 Å². The number of aromatic nitrogens is 2. The standard InChI is InChI=1S/C15H19N3/c1-2-13-17-14(12-8-9-12)15(16)18(13)10-11-6-4-3-5-7-11/h3-7,12H,2,8-10,16H2,1H3. The Labute approximate surface area is 108 Å². The van der Waals surface area contributed by atoms with E-state index in [9.17, 15) is 0 Å². The molecule has 3 nitrogen and oxygen atoms in total. The van der Waals surface area contributed by atoms with Gasteiger partial charge in [0.05, 0.1) is 12.2 Å². The van der Waals surface area contributed by atoms with Crippen LogP contribution < -0.4 is 5.73 Å². The highest BCUT2D eigenvalue weighted by Gasteiger charge is 2.30. The lowest BCUT2D eigenvalue weighted by molar-refractivity contribution is 0.740. The lowest BCUT2D eigenvalue weighted by Crippen LogP contribution is -2.08. The zero-order chi connectivity index (χ0) is 12.5. The molecule has 3 heteroatoms. The summed E-state index contributed by atoms with van der Waals surface area (Å²) in [5, 5.41) is 0. The summed E-state index contributed by atoms with van der Waals surface area (Å²) in [6.07, 6.45) is 3.43. The van der Waals surface area contributed by atoms with E-state index in [0.29, 0.717) is 5.92 Å². The lowest BCUT2D eigenvalue weighted by Gasteiger charge is -2.09. The molecule has 0 unspecified atom stereocenters. The maximum Gasteiger partial charge on any atom is 0.127 e. The molecule has 18 heavy (non-hydrogen) atoms. The summed E-state index contributed by atoms with van der Waals surface area (Å²) in [5.41, 5.74) is 8.67. The van der Waals surface area contributed by atoms with Crippen LogP contribution in [0.1, 0.15) is 42.8 Å². The lowest BCUT2D eigenvalue weighted by atomic mass is 10.2. The molecule has 1 aromatic carbocycles. The number of nitrogens with zero attached hydrogens (tertiary/aromatic N) is 2. The summed E-state index contributed by atoms with van der Waals surface area (Å²) in [6.45, 7) is 2.97. The van der Waals surface area contributed by atoms with Gasteiger partial charge in [-0.05, 0) is 18.4 Å². The first-order valence-corrected chi connectivity index (χ1v) is 6.68. The Bertz CT molecular complexity index is 538. The van der Waals surface area contributed by atoms with E-state index in [2.05, 4.69) is 35.8 Å². The molecule has 2 N–H and O–H groups in total. The maximum atomic E-state index is 6.27. The van der Waals surface area contributed by atoms with Crippen molar-refractivity contribution in [3.05, 3.63) is 47.4 Å². The fourth-order valence-corrected chi connectivity index (χ4v) is 2.40. The molecule has 1 aromatic heterocycles. The molecule has 1 aliphatic carbocycles. The van der Waals surface area contributed by atoms with Gasteiger partial charge in [-0.15, -0.1) is 0 Å². The monoisotopic (exact) mass is 241 g/mol. The van der Waals surface area contributed by atoms with Crippen LogP contribution in [0, 0.1) is 0 Å². The zero-order valence-electron chi connectivity index (χ0n) is 10.8. The van der Waals surface area contributed by atoms with Crippen molar-refractivity contribution in [3.63, 3.8) is 0 Å². The van der Waals surface area contributed by atoms with Crippen LogP contribution in [0.25, 0.3) is 0 Å². The van der Waals surface area contributed by atoms with Gasteiger partial charge in [-0.25, -0.2) is 4.98 Å². The topological polar surface area (TPSA) is 43.8 Å². The third kappa shape index (κ3) is 2.01.